The number of benzene rings is 1. The maximum absolute atomic E-state index is 13.1. The first kappa shape index (κ1) is 10.9. The Labute approximate surface area is 93.9 Å². The van der Waals surface area contributed by atoms with Crippen molar-refractivity contribution in [2.24, 2.45) is 5.73 Å². The standard InChI is InChI=1S/C13H14FNO/c14-13-3-1-2-11(7-13)12(8-15)6-10-4-5-16-9-10/h1-5,7,9,12H,6,8,15H2. The van der Waals surface area contributed by atoms with Gasteiger partial charge in [0.25, 0.3) is 0 Å². The van der Waals surface area contributed by atoms with E-state index >= 15 is 0 Å². The fraction of sp³-hybridized carbons (Fsp3) is 0.231. The molecule has 16 heavy (non-hydrogen) atoms. The second kappa shape index (κ2) is 4.94. The van der Waals surface area contributed by atoms with Gasteiger partial charge in [0, 0.05) is 5.92 Å². The van der Waals surface area contributed by atoms with Crippen molar-refractivity contribution in [3.8, 4) is 0 Å². The van der Waals surface area contributed by atoms with E-state index in [9.17, 15) is 4.39 Å². The Morgan fingerprint density at radius 1 is 1.31 bits per heavy atom. The van der Waals surface area contributed by atoms with Crippen LogP contribution in [0.3, 0.4) is 0 Å². The van der Waals surface area contributed by atoms with Gasteiger partial charge in [-0.15, -0.1) is 0 Å². The van der Waals surface area contributed by atoms with Gasteiger partial charge < -0.3 is 10.2 Å². The molecule has 0 amide bonds. The fourth-order valence-corrected chi connectivity index (χ4v) is 1.79. The van der Waals surface area contributed by atoms with E-state index in [4.69, 9.17) is 10.2 Å². The molecule has 1 heterocycles. The summed E-state index contributed by atoms with van der Waals surface area (Å²) >= 11 is 0. The molecule has 0 saturated carbocycles. The summed E-state index contributed by atoms with van der Waals surface area (Å²) in [5.74, 6) is -0.0866. The Bertz CT molecular complexity index is 439. The highest BCUT2D eigenvalue weighted by Crippen LogP contribution is 2.20. The van der Waals surface area contributed by atoms with Gasteiger partial charge in [-0.3, -0.25) is 0 Å². The highest BCUT2D eigenvalue weighted by molar-refractivity contribution is 5.23. The van der Waals surface area contributed by atoms with Gasteiger partial charge in [0.15, 0.2) is 0 Å². The van der Waals surface area contributed by atoms with Gasteiger partial charge in [0.1, 0.15) is 5.82 Å². The third kappa shape index (κ3) is 2.49. The third-order valence-corrected chi connectivity index (χ3v) is 2.67. The molecule has 0 fully saturated rings. The molecule has 0 aliphatic rings. The second-order valence-corrected chi connectivity index (χ2v) is 3.82. The summed E-state index contributed by atoms with van der Waals surface area (Å²) in [6, 6.07) is 8.50. The Morgan fingerprint density at radius 2 is 2.19 bits per heavy atom. The summed E-state index contributed by atoms with van der Waals surface area (Å²) in [6.45, 7) is 0.495. The van der Waals surface area contributed by atoms with Crippen LogP contribution in [0.5, 0.6) is 0 Å². The number of hydrogen-bond acceptors (Lipinski definition) is 2. The first-order chi connectivity index (χ1) is 7.79. The molecule has 0 aliphatic carbocycles. The maximum Gasteiger partial charge on any atom is 0.123 e. The average molecular weight is 219 g/mol. The minimum absolute atomic E-state index is 0.133. The topological polar surface area (TPSA) is 39.2 Å². The van der Waals surface area contributed by atoms with Gasteiger partial charge >= 0.3 is 0 Å². The minimum atomic E-state index is -0.219. The van der Waals surface area contributed by atoms with Crippen LogP contribution in [-0.2, 0) is 6.42 Å². The number of halogens is 1. The van der Waals surface area contributed by atoms with Crippen LogP contribution in [0.1, 0.15) is 17.0 Å². The van der Waals surface area contributed by atoms with Crippen LogP contribution in [0.4, 0.5) is 4.39 Å². The lowest BCUT2D eigenvalue weighted by molar-refractivity contribution is 0.560. The predicted molar refractivity (Wildman–Crippen MR) is 60.6 cm³/mol. The average Bonchev–Trinajstić information content (AvgIpc) is 2.78. The van der Waals surface area contributed by atoms with Crippen LogP contribution in [0.15, 0.2) is 47.3 Å². The van der Waals surface area contributed by atoms with Crippen LogP contribution in [0, 0.1) is 5.82 Å². The molecule has 0 spiro atoms. The van der Waals surface area contributed by atoms with E-state index in [0.29, 0.717) is 6.54 Å². The minimum Gasteiger partial charge on any atom is -0.472 e. The van der Waals surface area contributed by atoms with Crippen LogP contribution in [-0.4, -0.2) is 6.54 Å². The molecule has 2 N–H and O–H groups in total. The lowest BCUT2D eigenvalue weighted by Crippen LogP contribution is -2.14. The van der Waals surface area contributed by atoms with Gasteiger partial charge in [-0.2, -0.15) is 0 Å². The molecule has 0 aliphatic heterocycles. The maximum atomic E-state index is 13.1. The van der Waals surface area contributed by atoms with Crippen LogP contribution in [0.2, 0.25) is 0 Å². The molecule has 0 bridgehead atoms. The molecule has 1 atom stereocenters. The van der Waals surface area contributed by atoms with Crippen LogP contribution in [0.25, 0.3) is 0 Å². The Hall–Kier alpha value is -1.61. The molecule has 2 nitrogen and oxygen atoms in total. The first-order valence-corrected chi connectivity index (χ1v) is 5.26. The summed E-state index contributed by atoms with van der Waals surface area (Å²) in [7, 11) is 0. The lowest BCUT2D eigenvalue weighted by atomic mass is 9.93. The van der Waals surface area contributed by atoms with Crippen molar-refractivity contribution in [2.75, 3.05) is 6.54 Å². The van der Waals surface area contributed by atoms with E-state index in [-0.39, 0.29) is 11.7 Å². The summed E-state index contributed by atoms with van der Waals surface area (Å²) in [4.78, 5) is 0. The smallest absolute Gasteiger partial charge is 0.123 e. The van der Waals surface area contributed by atoms with E-state index in [1.54, 1.807) is 18.6 Å². The largest absolute Gasteiger partial charge is 0.472 e. The normalized spacial score (nSPS) is 12.6. The van der Waals surface area contributed by atoms with Crippen LogP contribution >= 0.6 is 0 Å². The molecule has 2 aromatic rings. The molecular formula is C13H14FNO. The number of furan rings is 1. The number of rotatable bonds is 4. The zero-order valence-corrected chi connectivity index (χ0v) is 8.90. The fourth-order valence-electron chi connectivity index (χ4n) is 1.79. The second-order valence-electron chi connectivity index (χ2n) is 3.82. The van der Waals surface area contributed by atoms with E-state index in [1.807, 2.05) is 12.1 Å². The molecule has 1 aromatic heterocycles. The van der Waals surface area contributed by atoms with Crippen molar-refractivity contribution in [1.82, 2.24) is 0 Å². The third-order valence-electron chi connectivity index (χ3n) is 2.67. The molecular weight excluding hydrogens is 205 g/mol. The Kier molecular flexibility index (Phi) is 3.37. The summed E-state index contributed by atoms with van der Waals surface area (Å²) in [5, 5.41) is 0. The van der Waals surface area contributed by atoms with Crippen molar-refractivity contribution in [3.05, 3.63) is 59.8 Å². The van der Waals surface area contributed by atoms with Crippen molar-refractivity contribution in [3.63, 3.8) is 0 Å². The first-order valence-electron chi connectivity index (χ1n) is 5.26. The number of nitrogens with two attached hydrogens (primary N) is 1. The van der Waals surface area contributed by atoms with Crippen molar-refractivity contribution in [2.45, 2.75) is 12.3 Å². The Balaban J connectivity index is 2.16. The zero-order valence-electron chi connectivity index (χ0n) is 8.90. The molecule has 0 saturated heterocycles. The quantitative estimate of drug-likeness (QED) is 0.858. The van der Waals surface area contributed by atoms with Crippen molar-refractivity contribution >= 4 is 0 Å². The molecule has 1 aromatic carbocycles. The van der Waals surface area contributed by atoms with Gasteiger partial charge in [-0.25, -0.2) is 4.39 Å². The summed E-state index contributed by atoms with van der Waals surface area (Å²) < 4.78 is 18.1. The van der Waals surface area contributed by atoms with Gasteiger partial charge in [0.2, 0.25) is 0 Å². The summed E-state index contributed by atoms with van der Waals surface area (Å²) in [6.07, 6.45) is 4.10. The molecule has 0 radical (unpaired) electrons. The van der Waals surface area contributed by atoms with E-state index in [2.05, 4.69) is 0 Å². The molecule has 2 rings (SSSR count). The highest BCUT2D eigenvalue weighted by Gasteiger charge is 2.11. The van der Waals surface area contributed by atoms with E-state index < -0.39 is 0 Å². The summed E-state index contributed by atoms with van der Waals surface area (Å²) in [5.41, 5.74) is 7.74. The molecule has 3 heteroatoms. The SMILES string of the molecule is NCC(Cc1ccoc1)c1cccc(F)c1. The lowest BCUT2D eigenvalue weighted by Gasteiger charge is -2.14. The van der Waals surface area contributed by atoms with E-state index in [0.717, 1.165) is 17.5 Å². The van der Waals surface area contributed by atoms with Crippen molar-refractivity contribution < 1.29 is 8.81 Å². The highest BCUT2D eigenvalue weighted by atomic mass is 19.1. The van der Waals surface area contributed by atoms with Gasteiger partial charge in [0.05, 0.1) is 12.5 Å². The van der Waals surface area contributed by atoms with Crippen LogP contribution < -0.4 is 5.73 Å². The van der Waals surface area contributed by atoms with E-state index in [1.165, 1.54) is 12.1 Å². The predicted octanol–water partition coefficient (Wildman–Crippen LogP) is 2.70. The number of hydrogen-bond donors (Lipinski definition) is 1. The zero-order chi connectivity index (χ0) is 11.4. The Morgan fingerprint density at radius 3 is 2.81 bits per heavy atom. The van der Waals surface area contributed by atoms with Crippen molar-refractivity contribution in [1.29, 1.82) is 0 Å². The molecule has 1 unspecified atom stereocenters. The molecule has 84 valence electrons. The van der Waals surface area contributed by atoms with Gasteiger partial charge in [-0.05, 0) is 42.3 Å². The van der Waals surface area contributed by atoms with Gasteiger partial charge in [-0.1, -0.05) is 12.1 Å². The monoisotopic (exact) mass is 219 g/mol.